The second kappa shape index (κ2) is 7.05. The van der Waals surface area contributed by atoms with E-state index in [2.05, 4.69) is 24.9 Å². The Hall–Kier alpha value is -2.56. The van der Waals surface area contributed by atoms with Gasteiger partial charge in [-0.3, -0.25) is 4.90 Å². The van der Waals surface area contributed by atoms with Crippen molar-refractivity contribution >= 4 is 26.7 Å². The van der Waals surface area contributed by atoms with Gasteiger partial charge in [0.2, 0.25) is 0 Å². The number of sulfone groups is 1. The summed E-state index contributed by atoms with van der Waals surface area (Å²) in [6, 6.07) is 9.53. The summed E-state index contributed by atoms with van der Waals surface area (Å²) in [6.45, 7) is 2.75. The highest BCUT2D eigenvalue weighted by molar-refractivity contribution is 7.91. The van der Waals surface area contributed by atoms with Crippen LogP contribution in [0.25, 0.3) is 16.7 Å². The molecule has 0 saturated carbocycles. The number of piperazine rings is 1. The van der Waals surface area contributed by atoms with E-state index >= 15 is 0 Å². The zero-order valence-corrected chi connectivity index (χ0v) is 16.6. The molecule has 2 aliphatic heterocycles. The molecule has 0 spiro atoms. The van der Waals surface area contributed by atoms with Gasteiger partial charge < -0.3 is 10.0 Å². The lowest BCUT2D eigenvalue weighted by Crippen LogP contribution is -2.53. The lowest BCUT2D eigenvalue weighted by atomic mass is 10.1. The fourth-order valence-corrected chi connectivity index (χ4v) is 6.10. The predicted octanol–water partition coefficient (Wildman–Crippen LogP) is 0.0954. The van der Waals surface area contributed by atoms with E-state index in [1.807, 2.05) is 30.3 Å². The summed E-state index contributed by atoms with van der Waals surface area (Å²) in [5.74, 6) is 0.732. The molecule has 29 heavy (non-hydrogen) atoms. The maximum absolute atomic E-state index is 11.8. The SMILES string of the molecule is O=S1(=O)C[C@@H](N2CCN(c3ncnc4c3cnn4-c3ccccc3)CC2)[C@@H](O)C1. The Labute approximate surface area is 168 Å². The lowest BCUT2D eigenvalue weighted by Gasteiger charge is -2.39. The quantitative estimate of drug-likeness (QED) is 0.643. The topological polar surface area (TPSA) is 104 Å². The van der Waals surface area contributed by atoms with Gasteiger partial charge in [0, 0.05) is 26.2 Å². The average Bonchev–Trinajstić information content (AvgIpc) is 3.28. The maximum Gasteiger partial charge on any atom is 0.168 e. The van der Waals surface area contributed by atoms with Gasteiger partial charge in [-0.25, -0.2) is 23.1 Å². The monoisotopic (exact) mass is 414 g/mol. The van der Waals surface area contributed by atoms with E-state index in [1.165, 1.54) is 0 Å². The summed E-state index contributed by atoms with van der Waals surface area (Å²) in [6.07, 6.45) is 2.54. The molecule has 5 rings (SSSR count). The molecular formula is C19H22N6O3S. The summed E-state index contributed by atoms with van der Waals surface area (Å²) in [5, 5.41) is 15.5. The summed E-state index contributed by atoms with van der Waals surface area (Å²) in [4.78, 5) is 13.2. The predicted molar refractivity (Wildman–Crippen MR) is 109 cm³/mol. The minimum Gasteiger partial charge on any atom is -0.390 e. The van der Waals surface area contributed by atoms with Gasteiger partial charge in [-0.15, -0.1) is 0 Å². The third-order valence-electron chi connectivity index (χ3n) is 5.72. The van der Waals surface area contributed by atoms with Crippen molar-refractivity contribution in [2.75, 3.05) is 42.6 Å². The number of anilines is 1. The van der Waals surface area contributed by atoms with Crippen molar-refractivity contribution in [1.29, 1.82) is 0 Å². The van der Waals surface area contributed by atoms with Gasteiger partial charge in [0.1, 0.15) is 12.1 Å². The summed E-state index contributed by atoms with van der Waals surface area (Å²) < 4.78 is 25.4. The first-order valence-electron chi connectivity index (χ1n) is 9.63. The van der Waals surface area contributed by atoms with Crippen LogP contribution in [0.4, 0.5) is 5.82 Å². The average molecular weight is 414 g/mol. The van der Waals surface area contributed by atoms with Crippen molar-refractivity contribution in [1.82, 2.24) is 24.6 Å². The van der Waals surface area contributed by atoms with Crippen LogP contribution in [-0.4, -0.2) is 88.0 Å². The van der Waals surface area contributed by atoms with Gasteiger partial charge in [-0.1, -0.05) is 18.2 Å². The molecule has 0 aliphatic carbocycles. The molecule has 2 saturated heterocycles. The number of benzene rings is 1. The van der Waals surface area contributed by atoms with Crippen LogP contribution in [0.1, 0.15) is 0 Å². The van der Waals surface area contributed by atoms with E-state index < -0.39 is 15.9 Å². The number of para-hydroxylation sites is 1. The molecule has 1 aromatic carbocycles. The van der Waals surface area contributed by atoms with Crippen LogP contribution in [0.3, 0.4) is 0 Å². The van der Waals surface area contributed by atoms with Gasteiger partial charge in [0.25, 0.3) is 0 Å². The summed E-state index contributed by atoms with van der Waals surface area (Å²) in [7, 11) is -3.15. The van der Waals surface area contributed by atoms with Crippen molar-refractivity contribution in [3.05, 3.63) is 42.9 Å². The number of nitrogens with zero attached hydrogens (tertiary/aromatic N) is 6. The standard InChI is InChI=1S/C19H22N6O3S/c26-17-12-29(27,28)11-16(17)23-6-8-24(9-7-23)18-15-10-22-25(19(15)21-13-20-18)14-4-2-1-3-5-14/h1-5,10,13,16-17,26H,6-9,11-12H2/t16-,17+/m1/s1. The molecule has 4 heterocycles. The number of aliphatic hydroxyl groups is 1. The molecule has 3 aromatic rings. The Bertz CT molecular complexity index is 1130. The third kappa shape index (κ3) is 3.37. The number of hydrogen-bond acceptors (Lipinski definition) is 8. The van der Waals surface area contributed by atoms with Crippen molar-refractivity contribution in [2.24, 2.45) is 0 Å². The Morgan fingerprint density at radius 2 is 1.76 bits per heavy atom. The lowest BCUT2D eigenvalue weighted by molar-refractivity contribution is 0.0792. The van der Waals surface area contributed by atoms with Crippen LogP contribution in [0.15, 0.2) is 42.9 Å². The minimum atomic E-state index is -3.15. The van der Waals surface area contributed by atoms with E-state index in [9.17, 15) is 13.5 Å². The van der Waals surface area contributed by atoms with Crippen LogP contribution in [0, 0.1) is 0 Å². The molecule has 1 N–H and O–H groups in total. The molecule has 2 aromatic heterocycles. The summed E-state index contributed by atoms with van der Waals surface area (Å²) in [5.41, 5.74) is 1.69. The normalized spacial score (nSPS) is 24.9. The van der Waals surface area contributed by atoms with Crippen LogP contribution in [-0.2, 0) is 9.84 Å². The van der Waals surface area contributed by atoms with Gasteiger partial charge in [-0.05, 0) is 12.1 Å². The largest absolute Gasteiger partial charge is 0.390 e. The van der Waals surface area contributed by atoms with E-state index in [4.69, 9.17) is 0 Å². The van der Waals surface area contributed by atoms with Gasteiger partial charge in [0.15, 0.2) is 15.5 Å². The smallest absolute Gasteiger partial charge is 0.168 e. The van der Waals surface area contributed by atoms with Crippen molar-refractivity contribution in [3.8, 4) is 5.69 Å². The zero-order chi connectivity index (χ0) is 20.0. The second-order valence-corrected chi connectivity index (χ2v) is 9.71. The molecule has 2 atom stereocenters. The molecule has 2 fully saturated rings. The van der Waals surface area contributed by atoms with Crippen molar-refractivity contribution in [2.45, 2.75) is 12.1 Å². The van der Waals surface area contributed by atoms with Crippen LogP contribution < -0.4 is 4.90 Å². The minimum absolute atomic E-state index is 0.0375. The highest BCUT2D eigenvalue weighted by atomic mass is 32.2. The number of fused-ring (bicyclic) bond motifs is 1. The molecule has 0 amide bonds. The Kier molecular flexibility index (Phi) is 4.49. The second-order valence-electron chi connectivity index (χ2n) is 7.56. The number of rotatable bonds is 3. The summed E-state index contributed by atoms with van der Waals surface area (Å²) >= 11 is 0. The fraction of sp³-hybridized carbons (Fsp3) is 0.421. The van der Waals surface area contributed by atoms with E-state index in [1.54, 1.807) is 17.2 Å². The molecule has 9 nitrogen and oxygen atoms in total. The first kappa shape index (κ1) is 18.5. The zero-order valence-electron chi connectivity index (χ0n) is 15.8. The molecule has 0 bridgehead atoms. The highest BCUT2D eigenvalue weighted by Gasteiger charge is 2.40. The van der Waals surface area contributed by atoms with Gasteiger partial charge >= 0.3 is 0 Å². The molecule has 10 heteroatoms. The molecule has 2 aliphatic rings. The molecule has 152 valence electrons. The number of aromatic nitrogens is 4. The Morgan fingerprint density at radius 3 is 2.45 bits per heavy atom. The number of hydrogen-bond donors (Lipinski definition) is 1. The van der Waals surface area contributed by atoms with E-state index in [0.29, 0.717) is 26.2 Å². The van der Waals surface area contributed by atoms with Crippen LogP contribution >= 0.6 is 0 Å². The fourth-order valence-electron chi connectivity index (χ4n) is 4.27. The third-order valence-corrected chi connectivity index (χ3v) is 7.42. The van der Waals surface area contributed by atoms with Crippen LogP contribution in [0.5, 0.6) is 0 Å². The van der Waals surface area contributed by atoms with E-state index in [-0.39, 0.29) is 17.5 Å². The Morgan fingerprint density at radius 1 is 1.00 bits per heavy atom. The number of aliphatic hydroxyl groups excluding tert-OH is 1. The Balaban J connectivity index is 1.37. The molecular weight excluding hydrogens is 392 g/mol. The van der Waals surface area contributed by atoms with Gasteiger partial charge in [0.05, 0.1) is 40.9 Å². The van der Waals surface area contributed by atoms with Crippen LogP contribution in [0.2, 0.25) is 0 Å². The first-order chi connectivity index (χ1) is 14.0. The molecule has 0 radical (unpaired) electrons. The molecule has 0 unspecified atom stereocenters. The highest BCUT2D eigenvalue weighted by Crippen LogP contribution is 2.27. The van der Waals surface area contributed by atoms with Gasteiger partial charge in [-0.2, -0.15) is 5.10 Å². The maximum atomic E-state index is 11.8. The first-order valence-corrected chi connectivity index (χ1v) is 11.5. The van der Waals surface area contributed by atoms with Crippen molar-refractivity contribution in [3.63, 3.8) is 0 Å². The van der Waals surface area contributed by atoms with E-state index in [0.717, 1.165) is 22.5 Å². The van der Waals surface area contributed by atoms with Crippen molar-refractivity contribution < 1.29 is 13.5 Å².